The average Bonchev–Trinajstić information content (AvgIpc) is 2.97. The molecule has 1 aromatic heterocycles. The van der Waals surface area contributed by atoms with E-state index in [-0.39, 0.29) is 18.0 Å². The van der Waals surface area contributed by atoms with Gasteiger partial charge >= 0.3 is 6.09 Å². The third kappa shape index (κ3) is 6.02. The normalized spacial score (nSPS) is 17.2. The number of halogens is 1. The van der Waals surface area contributed by atoms with E-state index in [0.29, 0.717) is 25.6 Å². The zero-order valence-corrected chi connectivity index (χ0v) is 16.9. The van der Waals surface area contributed by atoms with Gasteiger partial charge in [0.25, 0.3) is 0 Å². The van der Waals surface area contributed by atoms with E-state index in [1.807, 2.05) is 32.6 Å². The van der Waals surface area contributed by atoms with Crippen LogP contribution < -0.4 is 5.32 Å². The van der Waals surface area contributed by atoms with Crippen LogP contribution in [0.5, 0.6) is 0 Å². The summed E-state index contributed by atoms with van der Waals surface area (Å²) < 4.78 is 7.77. The zero-order chi connectivity index (χ0) is 18.6. The molecule has 0 spiro atoms. The number of rotatable bonds is 4. The maximum absolute atomic E-state index is 12.6. The van der Waals surface area contributed by atoms with Gasteiger partial charge in [-0.1, -0.05) is 0 Å². The first-order valence-corrected chi connectivity index (χ1v) is 9.40. The van der Waals surface area contributed by atoms with Gasteiger partial charge in [0.05, 0.1) is 10.7 Å². The summed E-state index contributed by atoms with van der Waals surface area (Å²) in [5.41, 5.74) is -0.489. The molecule has 7 nitrogen and oxygen atoms in total. The molecular formula is C17H27BrN4O3. The Morgan fingerprint density at radius 2 is 2.04 bits per heavy atom. The molecule has 0 aromatic carbocycles. The predicted octanol–water partition coefficient (Wildman–Crippen LogP) is 2.97. The summed E-state index contributed by atoms with van der Waals surface area (Å²) in [6, 6.07) is -0.317. The van der Waals surface area contributed by atoms with Gasteiger partial charge < -0.3 is 15.0 Å². The van der Waals surface area contributed by atoms with Crippen LogP contribution in [0.25, 0.3) is 0 Å². The predicted molar refractivity (Wildman–Crippen MR) is 98.2 cm³/mol. The number of alkyl carbamates (subject to hydrolysis) is 1. The SMILES string of the molecule is CC(C(=O)N1CCC(CNC(=O)OC(C)(C)C)CC1)n1cc(Br)cn1. The Labute approximate surface area is 157 Å². The minimum absolute atomic E-state index is 0.0779. The van der Waals surface area contributed by atoms with Crippen LogP contribution in [-0.2, 0) is 9.53 Å². The first kappa shape index (κ1) is 19.8. The van der Waals surface area contributed by atoms with E-state index >= 15 is 0 Å². The van der Waals surface area contributed by atoms with E-state index in [9.17, 15) is 9.59 Å². The minimum atomic E-state index is -0.489. The highest BCUT2D eigenvalue weighted by molar-refractivity contribution is 9.10. The number of nitrogens with zero attached hydrogens (tertiary/aromatic N) is 3. The van der Waals surface area contributed by atoms with Crippen LogP contribution >= 0.6 is 15.9 Å². The quantitative estimate of drug-likeness (QED) is 0.821. The van der Waals surface area contributed by atoms with E-state index in [2.05, 4.69) is 26.3 Å². The molecule has 1 atom stereocenters. The summed E-state index contributed by atoms with van der Waals surface area (Å²) in [6.45, 7) is 9.37. The summed E-state index contributed by atoms with van der Waals surface area (Å²) in [5.74, 6) is 0.444. The number of ether oxygens (including phenoxy) is 1. The second-order valence-corrected chi connectivity index (χ2v) is 8.38. The second kappa shape index (κ2) is 8.21. The van der Waals surface area contributed by atoms with Crippen molar-refractivity contribution in [1.82, 2.24) is 20.0 Å². The lowest BCUT2D eigenvalue weighted by Crippen LogP contribution is -2.44. The minimum Gasteiger partial charge on any atom is -0.444 e. The van der Waals surface area contributed by atoms with Crippen LogP contribution in [0.1, 0.15) is 46.6 Å². The lowest BCUT2D eigenvalue weighted by atomic mass is 9.96. The molecule has 1 aliphatic heterocycles. The fourth-order valence-electron chi connectivity index (χ4n) is 2.80. The number of likely N-dealkylation sites (tertiary alicyclic amines) is 1. The highest BCUT2D eigenvalue weighted by atomic mass is 79.9. The molecule has 2 amide bonds. The summed E-state index contributed by atoms with van der Waals surface area (Å²) in [5, 5.41) is 7.01. The summed E-state index contributed by atoms with van der Waals surface area (Å²) >= 11 is 3.35. The Hall–Kier alpha value is -1.57. The molecule has 1 fully saturated rings. The highest BCUT2D eigenvalue weighted by Gasteiger charge is 2.27. The van der Waals surface area contributed by atoms with Gasteiger partial charge in [-0.15, -0.1) is 0 Å². The molecule has 1 aromatic rings. The van der Waals surface area contributed by atoms with Crippen molar-refractivity contribution in [2.45, 2.75) is 52.2 Å². The third-order valence-electron chi connectivity index (χ3n) is 4.18. The number of nitrogens with one attached hydrogen (secondary N) is 1. The van der Waals surface area contributed by atoms with E-state index in [1.54, 1.807) is 17.1 Å². The fraction of sp³-hybridized carbons (Fsp3) is 0.706. The molecule has 140 valence electrons. The lowest BCUT2D eigenvalue weighted by Gasteiger charge is -2.33. The van der Waals surface area contributed by atoms with E-state index < -0.39 is 5.60 Å². The molecule has 2 rings (SSSR count). The Morgan fingerprint density at radius 1 is 1.40 bits per heavy atom. The molecule has 1 aliphatic rings. The highest BCUT2D eigenvalue weighted by Crippen LogP contribution is 2.20. The Kier molecular flexibility index (Phi) is 6.48. The van der Waals surface area contributed by atoms with Gasteiger partial charge in [-0.05, 0) is 62.4 Å². The Morgan fingerprint density at radius 3 is 2.56 bits per heavy atom. The van der Waals surface area contributed by atoms with Crippen LogP contribution in [0.3, 0.4) is 0 Å². The standard InChI is InChI=1S/C17H27BrN4O3/c1-12(22-11-14(18)10-20-22)15(23)21-7-5-13(6-8-21)9-19-16(24)25-17(2,3)4/h10-13H,5-9H2,1-4H3,(H,19,24). The van der Waals surface area contributed by atoms with Gasteiger partial charge in [0.15, 0.2) is 0 Å². The van der Waals surface area contributed by atoms with Crippen molar-refractivity contribution in [3.8, 4) is 0 Å². The molecule has 0 aliphatic carbocycles. The van der Waals surface area contributed by atoms with E-state index in [0.717, 1.165) is 17.3 Å². The van der Waals surface area contributed by atoms with Crippen molar-refractivity contribution in [2.24, 2.45) is 5.92 Å². The number of hydrogen-bond acceptors (Lipinski definition) is 4. The van der Waals surface area contributed by atoms with Gasteiger partial charge in [0.1, 0.15) is 11.6 Å². The molecule has 1 N–H and O–H groups in total. The fourth-order valence-corrected chi connectivity index (χ4v) is 3.10. The molecule has 25 heavy (non-hydrogen) atoms. The van der Waals surface area contributed by atoms with Crippen LogP contribution in [0.15, 0.2) is 16.9 Å². The first-order valence-electron chi connectivity index (χ1n) is 8.61. The van der Waals surface area contributed by atoms with Crippen LogP contribution in [0, 0.1) is 5.92 Å². The van der Waals surface area contributed by atoms with Crippen molar-refractivity contribution < 1.29 is 14.3 Å². The molecule has 0 radical (unpaired) electrons. The van der Waals surface area contributed by atoms with Gasteiger partial charge in [-0.25, -0.2) is 4.79 Å². The number of carbonyl (C=O) groups is 2. The van der Waals surface area contributed by atoms with Gasteiger partial charge in [0.2, 0.25) is 5.91 Å². The lowest BCUT2D eigenvalue weighted by molar-refractivity contribution is -0.136. The van der Waals surface area contributed by atoms with Gasteiger partial charge in [0, 0.05) is 25.8 Å². The van der Waals surface area contributed by atoms with E-state index in [4.69, 9.17) is 4.74 Å². The summed E-state index contributed by atoms with van der Waals surface area (Å²) in [6.07, 6.45) is 4.84. The topological polar surface area (TPSA) is 76.5 Å². The number of carbonyl (C=O) groups excluding carboxylic acids is 2. The molecule has 8 heteroatoms. The molecule has 2 heterocycles. The van der Waals surface area contributed by atoms with Crippen molar-refractivity contribution in [3.05, 3.63) is 16.9 Å². The molecule has 1 unspecified atom stereocenters. The smallest absolute Gasteiger partial charge is 0.407 e. The Bertz CT molecular complexity index is 603. The summed E-state index contributed by atoms with van der Waals surface area (Å²) in [4.78, 5) is 26.2. The van der Waals surface area contributed by atoms with Crippen LogP contribution in [-0.4, -0.2) is 51.9 Å². The number of hydrogen-bond donors (Lipinski definition) is 1. The number of piperidine rings is 1. The van der Waals surface area contributed by atoms with Crippen molar-refractivity contribution >= 4 is 27.9 Å². The Balaban J connectivity index is 1.75. The van der Waals surface area contributed by atoms with E-state index in [1.165, 1.54) is 0 Å². The monoisotopic (exact) mass is 414 g/mol. The zero-order valence-electron chi connectivity index (χ0n) is 15.3. The summed E-state index contributed by atoms with van der Waals surface area (Å²) in [7, 11) is 0. The largest absolute Gasteiger partial charge is 0.444 e. The second-order valence-electron chi connectivity index (χ2n) is 7.47. The maximum Gasteiger partial charge on any atom is 0.407 e. The number of aromatic nitrogens is 2. The molecule has 0 saturated carbocycles. The van der Waals surface area contributed by atoms with Gasteiger partial charge in [-0.3, -0.25) is 9.48 Å². The molecule has 1 saturated heterocycles. The first-order chi connectivity index (χ1) is 11.7. The van der Waals surface area contributed by atoms with Gasteiger partial charge in [-0.2, -0.15) is 5.10 Å². The van der Waals surface area contributed by atoms with Crippen molar-refractivity contribution in [1.29, 1.82) is 0 Å². The van der Waals surface area contributed by atoms with Crippen LogP contribution in [0.4, 0.5) is 4.79 Å². The van der Waals surface area contributed by atoms with Crippen LogP contribution in [0.2, 0.25) is 0 Å². The molecular weight excluding hydrogens is 388 g/mol. The third-order valence-corrected chi connectivity index (χ3v) is 4.59. The number of amides is 2. The average molecular weight is 415 g/mol. The molecule has 0 bridgehead atoms. The van der Waals surface area contributed by atoms with Crippen molar-refractivity contribution in [3.63, 3.8) is 0 Å². The van der Waals surface area contributed by atoms with Crippen molar-refractivity contribution in [2.75, 3.05) is 19.6 Å². The maximum atomic E-state index is 12.6.